The first-order valence-corrected chi connectivity index (χ1v) is 9.99. The van der Waals surface area contributed by atoms with Gasteiger partial charge in [-0.1, -0.05) is 6.42 Å². The van der Waals surface area contributed by atoms with Gasteiger partial charge in [0.05, 0.1) is 5.60 Å². The van der Waals surface area contributed by atoms with E-state index in [4.69, 9.17) is 9.29 Å². The quantitative estimate of drug-likeness (QED) is 0.567. The van der Waals surface area contributed by atoms with Crippen molar-refractivity contribution >= 4 is 21.9 Å². The maximum absolute atomic E-state index is 11.9. The molecule has 1 N–H and O–H groups in total. The third-order valence-electron chi connectivity index (χ3n) is 5.85. The Morgan fingerprint density at radius 3 is 2.62 bits per heavy atom. The highest BCUT2D eigenvalue weighted by molar-refractivity contribution is 7.87. The summed E-state index contributed by atoms with van der Waals surface area (Å²) < 4.78 is 41.6. The standard InChI is InChI=1S/C16H24O7S/c1-10(17)15(24(19,20)21)23-14(18)9-22-16-5-4-12-3-2-11(7-16)6-13(12)8-16/h11-13,15H,2-9H2,1H3,(H,19,20,21). The van der Waals surface area contributed by atoms with E-state index in [0.717, 1.165) is 38.5 Å². The second-order valence-electron chi connectivity index (χ2n) is 7.57. The number of ketones is 1. The van der Waals surface area contributed by atoms with Crippen LogP contribution in [-0.4, -0.2) is 42.4 Å². The molecule has 0 spiro atoms. The van der Waals surface area contributed by atoms with E-state index in [1.54, 1.807) is 0 Å². The summed E-state index contributed by atoms with van der Waals surface area (Å²) in [5.41, 5.74) is -2.50. The summed E-state index contributed by atoms with van der Waals surface area (Å²) in [6, 6.07) is 0. The predicted octanol–water partition coefficient (Wildman–Crippen LogP) is 1.71. The lowest BCUT2D eigenvalue weighted by atomic mass is 9.56. The number of Topliss-reactive ketones (excluding diaryl/α,β-unsaturated/α-hetero) is 1. The molecule has 5 unspecified atom stereocenters. The lowest BCUT2D eigenvalue weighted by molar-refractivity contribution is -0.176. The van der Waals surface area contributed by atoms with E-state index in [1.165, 1.54) is 19.3 Å². The molecule has 0 amide bonds. The summed E-state index contributed by atoms with van der Waals surface area (Å²) in [7, 11) is -4.78. The number of fused-ring (bicyclic) bond motifs is 2. The second kappa shape index (κ2) is 6.38. The third-order valence-corrected chi connectivity index (χ3v) is 6.82. The molecular weight excluding hydrogens is 336 g/mol. The molecule has 8 heteroatoms. The van der Waals surface area contributed by atoms with Crippen molar-refractivity contribution in [3.05, 3.63) is 0 Å². The first-order chi connectivity index (χ1) is 11.2. The average Bonchev–Trinajstić information content (AvgIpc) is 2.47. The zero-order valence-electron chi connectivity index (χ0n) is 13.8. The highest BCUT2D eigenvalue weighted by Gasteiger charge is 2.50. The fraction of sp³-hybridized carbons (Fsp3) is 0.875. The van der Waals surface area contributed by atoms with Gasteiger partial charge >= 0.3 is 16.1 Å². The number of ether oxygens (including phenoxy) is 2. The van der Waals surface area contributed by atoms with Crippen LogP contribution >= 0.6 is 0 Å². The van der Waals surface area contributed by atoms with E-state index >= 15 is 0 Å². The summed E-state index contributed by atoms with van der Waals surface area (Å²) in [6.45, 7) is 0.540. The molecule has 3 saturated carbocycles. The van der Waals surface area contributed by atoms with E-state index in [1.807, 2.05) is 0 Å². The van der Waals surface area contributed by atoms with Crippen LogP contribution in [0.15, 0.2) is 0 Å². The molecule has 0 aromatic carbocycles. The maximum Gasteiger partial charge on any atom is 0.333 e. The summed E-state index contributed by atoms with van der Waals surface area (Å²) in [4.78, 5) is 23.1. The Hall–Kier alpha value is -0.990. The molecule has 3 aliphatic carbocycles. The number of hydrogen-bond acceptors (Lipinski definition) is 6. The number of esters is 1. The van der Waals surface area contributed by atoms with Crippen molar-refractivity contribution in [2.45, 2.75) is 62.9 Å². The van der Waals surface area contributed by atoms with Gasteiger partial charge in [0.15, 0.2) is 5.78 Å². The lowest BCUT2D eigenvalue weighted by Crippen LogP contribution is -2.50. The van der Waals surface area contributed by atoms with Gasteiger partial charge in [-0.2, -0.15) is 8.42 Å². The summed E-state index contributed by atoms with van der Waals surface area (Å²) in [6.07, 6.45) is 7.64. The molecule has 0 aliphatic heterocycles. The number of carbonyl (C=O) groups is 2. The van der Waals surface area contributed by atoms with Crippen molar-refractivity contribution in [1.82, 2.24) is 0 Å². The van der Waals surface area contributed by atoms with Crippen LogP contribution in [0.25, 0.3) is 0 Å². The fourth-order valence-electron chi connectivity index (χ4n) is 4.89. The topological polar surface area (TPSA) is 107 Å². The Kier molecular flexibility index (Phi) is 4.74. The third kappa shape index (κ3) is 3.65. The molecule has 3 rings (SSSR count). The molecule has 3 fully saturated rings. The van der Waals surface area contributed by atoms with Gasteiger partial charge in [-0.05, 0) is 63.2 Å². The van der Waals surface area contributed by atoms with Gasteiger partial charge in [0, 0.05) is 0 Å². The lowest BCUT2D eigenvalue weighted by Gasteiger charge is -2.54. The Balaban J connectivity index is 1.59. The van der Waals surface area contributed by atoms with Crippen LogP contribution in [0, 0.1) is 17.8 Å². The van der Waals surface area contributed by atoms with Gasteiger partial charge in [0.2, 0.25) is 0 Å². The Morgan fingerprint density at radius 2 is 1.96 bits per heavy atom. The molecule has 3 bridgehead atoms. The van der Waals surface area contributed by atoms with Gasteiger partial charge in [0.25, 0.3) is 5.44 Å². The van der Waals surface area contributed by atoms with Crippen LogP contribution in [0.3, 0.4) is 0 Å². The molecule has 24 heavy (non-hydrogen) atoms. The number of rotatable bonds is 6. The van der Waals surface area contributed by atoms with E-state index in [9.17, 15) is 18.0 Å². The summed E-state index contributed by atoms with van der Waals surface area (Å²) in [5, 5.41) is 0. The van der Waals surface area contributed by atoms with Gasteiger partial charge in [-0.15, -0.1) is 0 Å². The minimum atomic E-state index is -4.78. The van der Waals surface area contributed by atoms with E-state index in [0.29, 0.717) is 11.8 Å². The SMILES string of the molecule is CC(=O)C(OC(=O)COC12CCC3CCC(CC3C1)C2)S(=O)(=O)O. The predicted molar refractivity (Wildman–Crippen MR) is 83.6 cm³/mol. The first kappa shape index (κ1) is 17.8. The summed E-state index contributed by atoms with van der Waals surface area (Å²) in [5.74, 6) is 0.174. The van der Waals surface area contributed by atoms with Crippen molar-refractivity contribution < 1.29 is 32.0 Å². The minimum Gasteiger partial charge on any atom is -0.433 e. The number of hydrogen-bond donors (Lipinski definition) is 1. The fourth-order valence-corrected chi connectivity index (χ4v) is 5.54. The molecule has 7 nitrogen and oxygen atoms in total. The van der Waals surface area contributed by atoms with Gasteiger partial charge < -0.3 is 9.47 Å². The van der Waals surface area contributed by atoms with Crippen LogP contribution in [0.1, 0.15) is 51.9 Å². The van der Waals surface area contributed by atoms with Crippen molar-refractivity contribution in [2.75, 3.05) is 6.61 Å². The van der Waals surface area contributed by atoms with Crippen LogP contribution in [-0.2, 0) is 29.2 Å². The Labute approximate surface area is 141 Å². The normalized spacial score (nSPS) is 36.2. The Bertz CT molecular complexity index is 624. The van der Waals surface area contributed by atoms with E-state index in [-0.39, 0.29) is 5.60 Å². The molecule has 0 aromatic heterocycles. The van der Waals surface area contributed by atoms with Crippen LogP contribution in [0.4, 0.5) is 0 Å². The largest absolute Gasteiger partial charge is 0.433 e. The van der Waals surface area contributed by atoms with Crippen molar-refractivity contribution in [1.29, 1.82) is 0 Å². The molecule has 0 aromatic rings. The molecule has 5 atom stereocenters. The number of carbonyl (C=O) groups excluding carboxylic acids is 2. The Morgan fingerprint density at radius 1 is 1.21 bits per heavy atom. The highest BCUT2D eigenvalue weighted by Crippen LogP contribution is 2.55. The van der Waals surface area contributed by atoms with Crippen molar-refractivity contribution in [3.63, 3.8) is 0 Å². The van der Waals surface area contributed by atoms with Crippen molar-refractivity contribution in [3.8, 4) is 0 Å². The van der Waals surface area contributed by atoms with Crippen LogP contribution < -0.4 is 0 Å². The molecule has 0 radical (unpaired) electrons. The maximum atomic E-state index is 11.9. The average molecular weight is 360 g/mol. The molecule has 3 aliphatic rings. The molecule has 136 valence electrons. The monoisotopic (exact) mass is 360 g/mol. The second-order valence-corrected chi connectivity index (χ2v) is 9.02. The molecule has 0 heterocycles. The highest BCUT2D eigenvalue weighted by atomic mass is 32.2. The van der Waals surface area contributed by atoms with E-state index < -0.39 is 33.9 Å². The zero-order chi connectivity index (χ0) is 17.5. The zero-order valence-corrected chi connectivity index (χ0v) is 14.6. The first-order valence-electron chi connectivity index (χ1n) is 8.49. The van der Waals surface area contributed by atoms with E-state index in [2.05, 4.69) is 4.74 Å². The molecule has 0 saturated heterocycles. The van der Waals surface area contributed by atoms with Gasteiger partial charge in [0.1, 0.15) is 6.61 Å². The smallest absolute Gasteiger partial charge is 0.333 e. The van der Waals surface area contributed by atoms with Crippen LogP contribution in [0.5, 0.6) is 0 Å². The molecular formula is C16H24O7S. The van der Waals surface area contributed by atoms with Gasteiger partial charge in [-0.3, -0.25) is 9.35 Å². The van der Waals surface area contributed by atoms with Crippen LogP contribution in [0.2, 0.25) is 0 Å². The minimum absolute atomic E-state index is 0.326. The van der Waals surface area contributed by atoms with Gasteiger partial charge in [-0.25, -0.2) is 4.79 Å². The van der Waals surface area contributed by atoms with Crippen molar-refractivity contribution in [2.24, 2.45) is 17.8 Å². The summed E-state index contributed by atoms with van der Waals surface area (Å²) >= 11 is 0.